The van der Waals surface area contributed by atoms with Gasteiger partial charge in [-0.1, -0.05) is 23.5 Å². The average molecular weight is 405 g/mol. The molecule has 0 bridgehead atoms. The molecule has 7 nitrogen and oxygen atoms in total. The highest BCUT2D eigenvalue weighted by Gasteiger charge is 2.22. The summed E-state index contributed by atoms with van der Waals surface area (Å²) in [6, 6.07) is 10.4. The third-order valence-electron chi connectivity index (χ3n) is 3.95. The second kappa shape index (κ2) is 8.92. The number of nitrogens with zero attached hydrogens (tertiary/aromatic N) is 2. The molecule has 0 spiro atoms. The fourth-order valence-corrected chi connectivity index (χ4v) is 3.96. The first kappa shape index (κ1) is 19.2. The number of fused-ring (bicyclic) bond motifs is 1. The zero-order chi connectivity index (χ0) is 19.2. The SMILES string of the molecule is CSCCC(NC(=O)c1ccco1)C(=O)N/N=c1\sc2ccccc2n1C. The number of carbonyl (C=O) groups excluding carboxylic acids is 2. The monoisotopic (exact) mass is 404 g/mol. The fourth-order valence-electron chi connectivity index (χ4n) is 2.51. The first-order chi connectivity index (χ1) is 13.1. The summed E-state index contributed by atoms with van der Waals surface area (Å²) in [5.74, 6) is 0.118. The van der Waals surface area contributed by atoms with Gasteiger partial charge in [0.05, 0.1) is 16.5 Å². The van der Waals surface area contributed by atoms with Crippen LogP contribution in [0.1, 0.15) is 17.0 Å². The average Bonchev–Trinajstić information content (AvgIpc) is 3.32. The van der Waals surface area contributed by atoms with Gasteiger partial charge in [0, 0.05) is 7.05 Å². The van der Waals surface area contributed by atoms with Gasteiger partial charge in [-0.05, 0) is 42.7 Å². The second-order valence-electron chi connectivity index (χ2n) is 5.78. The Morgan fingerprint density at radius 2 is 2.11 bits per heavy atom. The van der Waals surface area contributed by atoms with Crippen LogP contribution in [0, 0.1) is 0 Å². The van der Waals surface area contributed by atoms with Crippen LogP contribution >= 0.6 is 23.1 Å². The van der Waals surface area contributed by atoms with E-state index in [1.807, 2.05) is 42.1 Å². The van der Waals surface area contributed by atoms with E-state index < -0.39 is 11.9 Å². The number of para-hydroxylation sites is 1. The van der Waals surface area contributed by atoms with E-state index in [1.54, 1.807) is 23.9 Å². The highest BCUT2D eigenvalue weighted by molar-refractivity contribution is 7.98. The van der Waals surface area contributed by atoms with Crippen molar-refractivity contribution in [3.63, 3.8) is 0 Å². The molecule has 1 unspecified atom stereocenters. The normalized spacial score (nSPS) is 12.9. The van der Waals surface area contributed by atoms with Crippen LogP contribution in [0.25, 0.3) is 10.2 Å². The van der Waals surface area contributed by atoms with Crippen molar-refractivity contribution in [2.24, 2.45) is 12.1 Å². The van der Waals surface area contributed by atoms with E-state index in [1.165, 1.54) is 17.6 Å². The van der Waals surface area contributed by atoms with E-state index in [0.29, 0.717) is 11.2 Å². The molecular weight excluding hydrogens is 384 g/mol. The summed E-state index contributed by atoms with van der Waals surface area (Å²) in [5.41, 5.74) is 3.62. The molecule has 9 heteroatoms. The predicted molar refractivity (Wildman–Crippen MR) is 107 cm³/mol. The van der Waals surface area contributed by atoms with Crippen LogP contribution in [0.2, 0.25) is 0 Å². The number of nitrogens with one attached hydrogen (secondary N) is 2. The number of benzene rings is 1. The Morgan fingerprint density at radius 3 is 2.81 bits per heavy atom. The molecule has 2 N–H and O–H groups in total. The highest BCUT2D eigenvalue weighted by atomic mass is 32.2. The molecule has 0 saturated carbocycles. The van der Waals surface area contributed by atoms with Crippen molar-refractivity contribution in [1.29, 1.82) is 0 Å². The van der Waals surface area contributed by atoms with E-state index in [2.05, 4.69) is 15.8 Å². The minimum Gasteiger partial charge on any atom is -0.459 e. The van der Waals surface area contributed by atoms with Crippen molar-refractivity contribution in [2.45, 2.75) is 12.5 Å². The Bertz CT molecular complexity index is 992. The standard InChI is InChI=1S/C18H20N4O3S2/c1-22-13-6-3-4-8-15(13)27-18(22)21-20-16(23)12(9-11-26-2)19-17(24)14-7-5-10-25-14/h3-8,10,12H,9,11H2,1-2H3,(H,19,24)(H,20,23)/b21-18-. The molecule has 2 amide bonds. The lowest BCUT2D eigenvalue weighted by molar-refractivity contribution is -0.123. The minimum absolute atomic E-state index is 0.171. The summed E-state index contributed by atoms with van der Waals surface area (Å²) in [4.78, 5) is 25.5. The number of hydrogen-bond acceptors (Lipinski definition) is 6. The first-order valence-corrected chi connectivity index (χ1v) is 10.5. The van der Waals surface area contributed by atoms with Gasteiger partial charge >= 0.3 is 0 Å². The van der Waals surface area contributed by atoms with Gasteiger partial charge in [0.15, 0.2) is 5.76 Å². The molecule has 0 aliphatic heterocycles. The maximum Gasteiger partial charge on any atom is 0.287 e. The predicted octanol–water partition coefficient (Wildman–Crippen LogP) is 2.32. The summed E-state index contributed by atoms with van der Waals surface area (Å²) < 4.78 is 8.08. The molecule has 2 heterocycles. The maximum atomic E-state index is 12.6. The third kappa shape index (κ3) is 4.61. The van der Waals surface area contributed by atoms with Gasteiger partial charge in [0.1, 0.15) is 6.04 Å². The van der Waals surface area contributed by atoms with Crippen LogP contribution in [0.4, 0.5) is 0 Å². The summed E-state index contributed by atoms with van der Waals surface area (Å²) in [6.07, 6.45) is 3.86. The zero-order valence-corrected chi connectivity index (χ0v) is 16.6. The van der Waals surface area contributed by atoms with Gasteiger partial charge in [0.25, 0.3) is 11.8 Å². The number of thiazole rings is 1. The van der Waals surface area contributed by atoms with Gasteiger partial charge in [-0.3, -0.25) is 9.59 Å². The van der Waals surface area contributed by atoms with E-state index >= 15 is 0 Å². The van der Waals surface area contributed by atoms with Crippen molar-refractivity contribution in [3.05, 3.63) is 53.2 Å². The number of hydrogen-bond donors (Lipinski definition) is 2. The van der Waals surface area contributed by atoms with E-state index in [0.717, 1.165) is 16.0 Å². The van der Waals surface area contributed by atoms with Crippen LogP contribution in [-0.2, 0) is 11.8 Å². The number of carbonyl (C=O) groups is 2. The van der Waals surface area contributed by atoms with Crippen molar-refractivity contribution in [3.8, 4) is 0 Å². The van der Waals surface area contributed by atoms with E-state index in [9.17, 15) is 9.59 Å². The Hall–Kier alpha value is -2.52. The molecular formula is C18H20N4O3S2. The minimum atomic E-state index is -0.696. The second-order valence-corrected chi connectivity index (χ2v) is 7.78. The van der Waals surface area contributed by atoms with Crippen molar-refractivity contribution < 1.29 is 14.0 Å². The quantitative estimate of drug-likeness (QED) is 0.592. The molecule has 142 valence electrons. The van der Waals surface area contributed by atoms with Gasteiger partial charge in [0.2, 0.25) is 4.80 Å². The molecule has 0 saturated heterocycles. The molecule has 0 fully saturated rings. The molecule has 1 atom stereocenters. The van der Waals surface area contributed by atoms with Crippen LogP contribution in [0.5, 0.6) is 0 Å². The Balaban J connectivity index is 1.75. The molecule has 27 heavy (non-hydrogen) atoms. The molecule has 0 radical (unpaired) electrons. The maximum absolute atomic E-state index is 12.6. The summed E-state index contributed by atoms with van der Waals surface area (Å²) >= 11 is 3.09. The number of aromatic nitrogens is 1. The molecule has 1 aromatic carbocycles. The van der Waals surface area contributed by atoms with Crippen LogP contribution in [-0.4, -0.2) is 34.4 Å². The summed E-state index contributed by atoms with van der Waals surface area (Å²) in [5, 5.41) is 6.95. The van der Waals surface area contributed by atoms with Crippen LogP contribution in [0.3, 0.4) is 0 Å². The first-order valence-electron chi connectivity index (χ1n) is 8.31. The van der Waals surface area contributed by atoms with E-state index in [-0.39, 0.29) is 11.7 Å². The number of thioether (sulfide) groups is 1. The third-order valence-corrected chi connectivity index (χ3v) is 5.71. The van der Waals surface area contributed by atoms with Crippen LogP contribution < -0.4 is 15.5 Å². The molecule has 3 aromatic rings. The Labute approximate surface area is 164 Å². The Kier molecular flexibility index (Phi) is 6.36. The van der Waals surface area contributed by atoms with Crippen LogP contribution in [0.15, 0.2) is 52.2 Å². The van der Waals surface area contributed by atoms with Gasteiger partial charge in [-0.15, -0.1) is 5.10 Å². The summed E-state index contributed by atoms with van der Waals surface area (Å²) in [7, 11) is 1.90. The zero-order valence-electron chi connectivity index (χ0n) is 15.0. The van der Waals surface area contributed by atoms with E-state index in [4.69, 9.17) is 4.42 Å². The molecule has 0 aliphatic rings. The number of amides is 2. The number of aryl methyl sites for hydroxylation is 1. The molecule has 2 aromatic heterocycles. The van der Waals surface area contributed by atoms with Gasteiger partial charge < -0.3 is 14.3 Å². The smallest absolute Gasteiger partial charge is 0.287 e. The topological polar surface area (TPSA) is 88.6 Å². The largest absolute Gasteiger partial charge is 0.459 e. The fraction of sp³-hybridized carbons (Fsp3) is 0.278. The lowest BCUT2D eigenvalue weighted by atomic mass is 10.2. The van der Waals surface area contributed by atoms with Crippen molar-refractivity contribution in [1.82, 2.24) is 15.3 Å². The van der Waals surface area contributed by atoms with Crippen molar-refractivity contribution >= 4 is 45.1 Å². The molecule has 0 aliphatic carbocycles. The lowest BCUT2D eigenvalue weighted by Gasteiger charge is -2.15. The number of rotatable bonds is 7. The highest BCUT2D eigenvalue weighted by Crippen LogP contribution is 2.15. The van der Waals surface area contributed by atoms with Gasteiger partial charge in [-0.25, -0.2) is 5.43 Å². The van der Waals surface area contributed by atoms with Crippen molar-refractivity contribution in [2.75, 3.05) is 12.0 Å². The molecule has 3 rings (SSSR count). The number of furan rings is 1. The Morgan fingerprint density at radius 1 is 1.30 bits per heavy atom. The summed E-state index contributed by atoms with van der Waals surface area (Å²) in [6.45, 7) is 0. The van der Waals surface area contributed by atoms with Gasteiger partial charge in [-0.2, -0.15) is 11.8 Å². The lowest BCUT2D eigenvalue weighted by Crippen LogP contribution is -2.46.